The molecule has 0 N–H and O–H groups in total. The Kier molecular flexibility index (Phi) is 4.95. The van der Waals surface area contributed by atoms with E-state index in [0.29, 0.717) is 5.88 Å². The molecule has 1 fully saturated rings. The topological polar surface area (TPSA) is 16.1 Å². The monoisotopic (exact) mass is 294 g/mol. The van der Waals surface area contributed by atoms with Gasteiger partial charge in [0.25, 0.3) is 0 Å². The van der Waals surface area contributed by atoms with Crippen LogP contribution in [0.15, 0.2) is 12.1 Å². The Morgan fingerprint density at radius 2 is 1.90 bits per heavy atom. The number of aromatic nitrogens is 1. The van der Waals surface area contributed by atoms with Crippen molar-refractivity contribution in [2.45, 2.75) is 58.3 Å². The molecular formula is C17H27ClN2. The van der Waals surface area contributed by atoms with Crippen LogP contribution in [-0.4, -0.2) is 18.1 Å². The van der Waals surface area contributed by atoms with Crippen molar-refractivity contribution in [3.63, 3.8) is 0 Å². The van der Waals surface area contributed by atoms with E-state index in [1.165, 1.54) is 24.8 Å². The number of halogens is 1. The van der Waals surface area contributed by atoms with Crippen LogP contribution in [0.5, 0.6) is 0 Å². The molecule has 2 nitrogen and oxygen atoms in total. The average Bonchev–Trinajstić information content (AvgIpc) is 2.46. The van der Waals surface area contributed by atoms with Gasteiger partial charge in [-0.05, 0) is 36.5 Å². The van der Waals surface area contributed by atoms with Gasteiger partial charge in [0.05, 0.1) is 0 Å². The maximum Gasteiger partial charge on any atom is 0.129 e. The predicted octanol–water partition coefficient (Wildman–Crippen LogP) is 4.74. The van der Waals surface area contributed by atoms with E-state index in [4.69, 9.17) is 16.6 Å². The minimum Gasteiger partial charge on any atom is -0.357 e. The summed E-state index contributed by atoms with van der Waals surface area (Å²) in [6.45, 7) is 11.2. The first-order valence-corrected chi connectivity index (χ1v) is 8.30. The normalized spacial score (nSPS) is 17.6. The summed E-state index contributed by atoms with van der Waals surface area (Å²) in [6.07, 6.45) is 3.87. The Labute approximate surface area is 128 Å². The van der Waals surface area contributed by atoms with Gasteiger partial charge in [0.2, 0.25) is 0 Å². The number of piperidine rings is 1. The molecule has 0 bridgehead atoms. The number of hydrogen-bond acceptors (Lipinski definition) is 2. The van der Waals surface area contributed by atoms with Crippen LogP contribution in [0.2, 0.25) is 0 Å². The third-order valence-corrected chi connectivity index (χ3v) is 4.62. The van der Waals surface area contributed by atoms with Gasteiger partial charge in [-0.3, -0.25) is 0 Å². The quantitative estimate of drug-likeness (QED) is 0.748. The molecule has 1 aliphatic heterocycles. The highest BCUT2D eigenvalue weighted by molar-refractivity contribution is 6.17. The van der Waals surface area contributed by atoms with Gasteiger partial charge in [0.1, 0.15) is 5.82 Å². The summed E-state index contributed by atoms with van der Waals surface area (Å²) in [7, 11) is 0. The van der Waals surface area contributed by atoms with Crippen molar-refractivity contribution in [1.82, 2.24) is 4.98 Å². The van der Waals surface area contributed by atoms with Crippen LogP contribution < -0.4 is 4.90 Å². The first kappa shape index (κ1) is 15.6. The van der Waals surface area contributed by atoms with E-state index in [1.54, 1.807) is 0 Å². The molecular weight excluding hydrogens is 268 g/mol. The first-order valence-electron chi connectivity index (χ1n) is 7.76. The number of pyridine rings is 1. The lowest BCUT2D eigenvalue weighted by Gasteiger charge is -2.33. The smallest absolute Gasteiger partial charge is 0.129 e. The molecule has 2 rings (SSSR count). The summed E-state index contributed by atoms with van der Waals surface area (Å²) in [5, 5.41) is 0. The Morgan fingerprint density at radius 1 is 1.25 bits per heavy atom. The molecule has 112 valence electrons. The maximum absolute atomic E-state index is 6.06. The fourth-order valence-corrected chi connectivity index (χ4v) is 2.92. The SMILES string of the molecule is CCC1CCN(c2cc(CCl)cc(C(C)(C)C)n2)CC1. The molecule has 1 aromatic heterocycles. The van der Waals surface area contributed by atoms with Crippen LogP contribution in [0.3, 0.4) is 0 Å². The van der Waals surface area contributed by atoms with Gasteiger partial charge in [-0.2, -0.15) is 0 Å². The minimum absolute atomic E-state index is 0.0680. The number of nitrogens with zero attached hydrogens (tertiary/aromatic N) is 2. The lowest BCUT2D eigenvalue weighted by atomic mass is 9.90. The van der Waals surface area contributed by atoms with Gasteiger partial charge in [0, 0.05) is 30.1 Å². The van der Waals surface area contributed by atoms with E-state index in [0.717, 1.165) is 30.5 Å². The first-order chi connectivity index (χ1) is 9.44. The third kappa shape index (κ3) is 3.66. The minimum atomic E-state index is 0.0680. The van der Waals surface area contributed by atoms with E-state index in [2.05, 4.69) is 44.7 Å². The largest absolute Gasteiger partial charge is 0.357 e. The van der Waals surface area contributed by atoms with Crippen molar-refractivity contribution in [2.75, 3.05) is 18.0 Å². The molecule has 1 saturated heterocycles. The van der Waals surface area contributed by atoms with E-state index in [9.17, 15) is 0 Å². The molecule has 0 aromatic carbocycles. The molecule has 0 atom stereocenters. The Balaban J connectivity index is 2.23. The molecule has 20 heavy (non-hydrogen) atoms. The number of anilines is 1. The van der Waals surface area contributed by atoms with Gasteiger partial charge in [-0.25, -0.2) is 4.98 Å². The maximum atomic E-state index is 6.06. The third-order valence-electron chi connectivity index (χ3n) is 4.31. The van der Waals surface area contributed by atoms with Gasteiger partial charge >= 0.3 is 0 Å². The van der Waals surface area contributed by atoms with Crippen LogP contribution in [0, 0.1) is 5.92 Å². The summed E-state index contributed by atoms with van der Waals surface area (Å²) < 4.78 is 0. The second kappa shape index (κ2) is 6.34. The van der Waals surface area contributed by atoms with Gasteiger partial charge in [-0.15, -0.1) is 11.6 Å². The number of alkyl halides is 1. The fourth-order valence-electron chi connectivity index (χ4n) is 2.76. The molecule has 2 heterocycles. The second-order valence-corrected chi connectivity index (χ2v) is 7.21. The predicted molar refractivity (Wildman–Crippen MR) is 87.7 cm³/mol. The van der Waals surface area contributed by atoms with Crippen LogP contribution in [-0.2, 0) is 11.3 Å². The van der Waals surface area contributed by atoms with Crippen LogP contribution in [0.25, 0.3) is 0 Å². The van der Waals surface area contributed by atoms with Crippen LogP contribution in [0.1, 0.15) is 58.2 Å². The highest BCUT2D eigenvalue weighted by Crippen LogP contribution is 2.28. The molecule has 0 radical (unpaired) electrons. The van der Waals surface area contributed by atoms with Crippen molar-refractivity contribution < 1.29 is 0 Å². The standard InChI is InChI=1S/C17H27ClN2/c1-5-13-6-8-20(9-7-13)16-11-14(12-18)10-15(19-16)17(2,3)4/h10-11,13H,5-9,12H2,1-4H3. The molecule has 0 saturated carbocycles. The van der Waals surface area contributed by atoms with Crippen molar-refractivity contribution in [3.8, 4) is 0 Å². The summed E-state index contributed by atoms with van der Waals surface area (Å²) in [4.78, 5) is 7.32. The summed E-state index contributed by atoms with van der Waals surface area (Å²) >= 11 is 6.06. The second-order valence-electron chi connectivity index (χ2n) is 6.94. The van der Waals surface area contributed by atoms with Crippen LogP contribution in [0.4, 0.5) is 5.82 Å². The van der Waals surface area contributed by atoms with Crippen molar-refractivity contribution >= 4 is 17.4 Å². The molecule has 0 spiro atoms. The molecule has 0 unspecified atom stereocenters. The number of rotatable bonds is 3. The Hall–Kier alpha value is -0.760. The Bertz CT molecular complexity index is 443. The summed E-state index contributed by atoms with van der Waals surface area (Å²) in [5.41, 5.74) is 2.39. The van der Waals surface area contributed by atoms with E-state index in [1.807, 2.05) is 0 Å². The van der Waals surface area contributed by atoms with Gasteiger partial charge in [0.15, 0.2) is 0 Å². The Morgan fingerprint density at radius 3 is 2.40 bits per heavy atom. The lowest BCUT2D eigenvalue weighted by Crippen LogP contribution is -2.34. The van der Waals surface area contributed by atoms with E-state index < -0.39 is 0 Å². The van der Waals surface area contributed by atoms with Crippen molar-refractivity contribution in [2.24, 2.45) is 5.92 Å². The summed E-state index contributed by atoms with van der Waals surface area (Å²) in [5.74, 6) is 2.57. The summed E-state index contributed by atoms with van der Waals surface area (Å²) in [6, 6.07) is 4.31. The highest BCUT2D eigenvalue weighted by atomic mass is 35.5. The van der Waals surface area contributed by atoms with Gasteiger partial charge in [-0.1, -0.05) is 34.1 Å². The van der Waals surface area contributed by atoms with Crippen LogP contribution >= 0.6 is 11.6 Å². The molecule has 1 aromatic rings. The average molecular weight is 295 g/mol. The number of hydrogen-bond donors (Lipinski definition) is 0. The van der Waals surface area contributed by atoms with E-state index >= 15 is 0 Å². The zero-order chi connectivity index (χ0) is 14.8. The molecule has 1 aliphatic rings. The lowest BCUT2D eigenvalue weighted by molar-refractivity contribution is 0.393. The van der Waals surface area contributed by atoms with Crippen molar-refractivity contribution in [1.29, 1.82) is 0 Å². The zero-order valence-corrected chi connectivity index (χ0v) is 14.0. The zero-order valence-electron chi connectivity index (χ0n) is 13.2. The highest BCUT2D eigenvalue weighted by Gasteiger charge is 2.22. The molecule has 3 heteroatoms. The van der Waals surface area contributed by atoms with Crippen molar-refractivity contribution in [3.05, 3.63) is 23.4 Å². The molecule has 0 amide bonds. The molecule has 0 aliphatic carbocycles. The van der Waals surface area contributed by atoms with Gasteiger partial charge < -0.3 is 4.90 Å². The fraction of sp³-hybridized carbons (Fsp3) is 0.706. The van der Waals surface area contributed by atoms with E-state index in [-0.39, 0.29) is 5.41 Å².